The number of benzene rings is 1. The molecule has 1 fully saturated rings. The average Bonchev–Trinajstić information content (AvgIpc) is 2.65. The first kappa shape index (κ1) is 12.0. The number of methoxy groups -OCH3 is 1. The van der Waals surface area contributed by atoms with Gasteiger partial charge in [0.1, 0.15) is 5.52 Å². The molecule has 1 saturated carbocycles. The molecular weight excluding hydrogens is 249 g/mol. The van der Waals surface area contributed by atoms with Crippen LogP contribution in [0.4, 0.5) is 10.3 Å². The summed E-state index contributed by atoms with van der Waals surface area (Å²) in [4.78, 5) is 15.6. The van der Waals surface area contributed by atoms with E-state index in [-0.39, 0.29) is 17.1 Å². The second kappa shape index (κ2) is 4.22. The number of ether oxygens (including phenoxy) is 1. The van der Waals surface area contributed by atoms with E-state index < -0.39 is 11.8 Å². The number of carbonyl (C=O) groups excluding carboxylic acids is 1. The second-order valence-corrected chi connectivity index (χ2v) is 4.74. The lowest BCUT2D eigenvalue weighted by molar-refractivity contribution is 0.0600. The van der Waals surface area contributed by atoms with Gasteiger partial charge in [-0.25, -0.2) is 14.2 Å². The normalized spacial score (nSPS) is 15.5. The van der Waals surface area contributed by atoms with E-state index in [1.165, 1.54) is 7.11 Å². The highest BCUT2D eigenvalue weighted by atomic mass is 19.1. The van der Waals surface area contributed by atoms with E-state index >= 15 is 0 Å². The first-order chi connectivity index (χ1) is 9.11. The van der Waals surface area contributed by atoms with Crippen LogP contribution in [0.25, 0.3) is 11.0 Å². The Morgan fingerprint density at radius 1 is 1.53 bits per heavy atom. The Kier molecular flexibility index (Phi) is 2.66. The van der Waals surface area contributed by atoms with Gasteiger partial charge in [-0.2, -0.15) is 0 Å². The number of hydrogen-bond acceptors (Lipinski definition) is 4. The van der Waals surface area contributed by atoms with Crippen LogP contribution in [0.1, 0.15) is 35.7 Å². The highest BCUT2D eigenvalue weighted by Crippen LogP contribution is 2.37. The maximum Gasteiger partial charge on any atom is 0.338 e. The number of carbonyl (C=O) groups is 1. The average molecular weight is 263 g/mol. The lowest BCUT2D eigenvalue weighted by Crippen LogP contribution is -2.18. The van der Waals surface area contributed by atoms with Crippen molar-refractivity contribution in [3.05, 3.63) is 23.5 Å². The van der Waals surface area contributed by atoms with E-state index in [4.69, 9.17) is 5.73 Å². The van der Waals surface area contributed by atoms with Crippen molar-refractivity contribution in [2.75, 3.05) is 12.8 Å². The molecule has 0 radical (unpaired) electrons. The summed E-state index contributed by atoms with van der Waals surface area (Å²) in [6.07, 6.45) is 3.13. The molecule has 1 aliphatic carbocycles. The molecule has 1 aliphatic rings. The van der Waals surface area contributed by atoms with Gasteiger partial charge in [0, 0.05) is 6.04 Å². The molecule has 0 amide bonds. The molecule has 2 aromatic rings. The molecule has 0 saturated heterocycles. The molecule has 19 heavy (non-hydrogen) atoms. The SMILES string of the molecule is COC(=O)c1cc(F)c2nc(N)n(C3CCC3)c2c1. The fraction of sp³-hybridized carbons (Fsp3) is 0.385. The van der Waals surface area contributed by atoms with Crippen LogP contribution in [0.5, 0.6) is 0 Å². The Bertz CT molecular complexity index is 661. The van der Waals surface area contributed by atoms with E-state index in [2.05, 4.69) is 9.72 Å². The first-order valence-electron chi connectivity index (χ1n) is 6.17. The van der Waals surface area contributed by atoms with E-state index in [9.17, 15) is 9.18 Å². The van der Waals surface area contributed by atoms with Gasteiger partial charge < -0.3 is 15.0 Å². The van der Waals surface area contributed by atoms with E-state index in [1.54, 1.807) is 6.07 Å². The number of anilines is 1. The molecule has 2 N–H and O–H groups in total. The van der Waals surface area contributed by atoms with Crippen molar-refractivity contribution in [1.29, 1.82) is 0 Å². The van der Waals surface area contributed by atoms with E-state index in [1.807, 2.05) is 4.57 Å². The maximum absolute atomic E-state index is 14.0. The van der Waals surface area contributed by atoms with Crippen molar-refractivity contribution >= 4 is 23.0 Å². The van der Waals surface area contributed by atoms with E-state index in [0.717, 1.165) is 25.3 Å². The number of esters is 1. The van der Waals surface area contributed by atoms with Crippen LogP contribution in [0.15, 0.2) is 12.1 Å². The number of hydrogen-bond donors (Lipinski definition) is 1. The summed E-state index contributed by atoms with van der Waals surface area (Å²) in [5, 5.41) is 0. The number of fused-ring (bicyclic) bond motifs is 1. The number of halogens is 1. The molecule has 5 nitrogen and oxygen atoms in total. The third-order valence-electron chi connectivity index (χ3n) is 3.64. The Morgan fingerprint density at radius 3 is 2.84 bits per heavy atom. The Morgan fingerprint density at radius 2 is 2.26 bits per heavy atom. The standard InChI is InChI=1S/C13H14FN3O2/c1-19-12(18)7-5-9(14)11-10(6-7)17(13(15)16-11)8-3-2-4-8/h5-6,8H,2-4H2,1H3,(H2,15,16). The van der Waals surface area contributed by atoms with Gasteiger partial charge >= 0.3 is 5.97 Å². The van der Waals surface area contributed by atoms with Gasteiger partial charge in [-0.1, -0.05) is 0 Å². The number of imidazole rings is 1. The monoisotopic (exact) mass is 263 g/mol. The van der Waals surface area contributed by atoms with Gasteiger partial charge in [-0.3, -0.25) is 0 Å². The smallest absolute Gasteiger partial charge is 0.338 e. The van der Waals surface area contributed by atoms with E-state index in [0.29, 0.717) is 11.5 Å². The summed E-state index contributed by atoms with van der Waals surface area (Å²) < 4.78 is 20.4. The van der Waals surface area contributed by atoms with Crippen LogP contribution < -0.4 is 5.73 Å². The lowest BCUT2D eigenvalue weighted by atomic mass is 9.92. The van der Waals surface area contributed by atoms with Gasteiger partial charge in [-0.05, 0) is 31.4 Å². The van der Waals surface area contributed by atoms with Crippen LogP contribution in [0.3, 0.4) is 0 Å². The van der Waals surface area contributed by atoms with Gasteiger partial charge in [0.25, 0.3) is 0 Å². The zero-order chi connectivity index (χ0) is 13.6. The number of nitrogens with two attached hydrogens (primary N) is 1. The Labute approximate surface area is 109 Å². The van der Waals surface area contributed by atoms with Crippen molar-refractivity contribution in [2.45, 2.75) is 25.3 Å². The van der Waals surface area contributed by atoms with Crippen LogP contribution in [0, 0.1) is 5.82 Å². The summed E-state index contributed by atoms with van der Waals surface area (Å²) in [6.45, 7) is 0. The quantitative estimate of drug-likeness (QED) is 0.844. The predicted molar refractivity (Wildman–Crippen MR) is 68.3 cm³/mol. The molecule has 1 aromatic carbocycles. The number of nitrogens with zero attached hydrogens (tertiary/aromatic N) is 2. The molecule has 0 unspecified atom stereocenters. The Hall–Kier alpha value is -2.11. The third kappa shape index (κ3) is 1.75. The minimum Gasteiger partial charge on any atom is -0.465 e. The molecule has 100 valence electrons. The zero-order valence-electron chi connectivity index (χ0n) is 10.5. The summed E-state index contributed by atoms with van der Waals surface area (Å²) in [6, 6.07) is 2.97. The lowest BCUT2D eigenvalue weighted by Gasteiger charge is -2.28. The molecule has 1 heterocycles. The molecule has 3 rings (SSSR count). The fourth-order valence-corrected chi connectivity index (χ4v) is 2.44. The van der Waals surface area contributed by atoms with Crippen molar-refractivity contribution in [3.63, 3.8) is 0 Å². The number of rotatable bonds is 2. The molecule has 0 bridgehead atoms. The van der Waals surface area contributed by atoms with Crippen molar-refractivity contribution in [3.8, 4) is 0 Å². The highest BCUT2D eigenvalue weighted by molar-refractivity contribution is 5.94. The molecule has 6 heteroatoms. The fourth-order valence-electron chi connectivity index (χ4n) is 2.44. The van der Waals surface area contributed by atoms with Crippen LogP contribution in [-0.4, -0.2) is 22.6 Å². The summed E-state index contributed by atoms with van der Waals surface area (Å²) >= 11 is 0. The minimum atomic E-state index is -0.569. The largest absolute Gasteiger partial charge is 0.465 e. The number of aromatic nitrogens is 2. The molecule has 0 atom stereocenters. The minimum absolute atomic E-state index is 0.174. The van der Waals surface area contributed by atoms with Crippen molar-refractivity contribution < 1.29 is 13.9 Å². The van der Waals surface area contributed by atoms with Crippen LogP contribution in [0.2, 0.25) is 0 Å². The first-order valence-corrected chi connectivity index (χ1v) is 6.17. The predicted octanol–water partition coefficient (Wildman–Crippen LogP) is 2.27. The van der Waals surface area contributed by atoms with Gasteiger partial charge in [0.05, 0.1) is 18.2 Å². The van der Waals surface area contributed by atoms with Crippen molar-refractivity contribution in [1.82, 2.24) is 9.55 Å². The summed E-state index contributed by atoms with van der Waals surface area (Å²) in [7, 11) is 1.27. The highest BCUT2D eigenvalue weighted by Gasteiger charge is 2.25. The summed E-state index contributed by atoms with van der Waals surface area (Å²) in [5.41, 5.74) is 6.80. The molecule has 0 aliphatic heterocycles. The molecule has 0 spiro atoms. The van der Waals surface area contributed by atoms with Gasteiger partial charge in [0.2, 0.25) is 5.95 Å². The third-order valence-corrected chi connectivity index (χ3v) is 3.64. The van der Waals surface area contributed by atoms with Gasteiger partial charge in [-0.15, -0.1) is 0 Å². The topological polar surface area (TPSA) is 70.1 Å². The molecule has 1 aromatic heterocycles. The van der Waals surface area contributed by atoms with Crippen LogP contribution in [-0.2, 0) is 4.74 Å². The molecular formula is C13H14FN3O2. The zero-order valence-corrected chi connectivity index (χ0v) is 10.5. The summed E-state index contributed by atoms with van der Waals surface area (Å²) in [5.74, 6) is -0.830. The van der Waals surface area contributed by atoms with Gasteiger partial charge in [0.15, 0.2) is 5.82 Å². The van der Waals surface area contributed by atoms with Crippen molar-refractivity contribution in [2.24, 2.45) is 0 Å². The Balaban J connectivity index is 2.22. The second-order valence-electron chi connectivity index (χ2n) is 4.74. The maximum atomic E-state index is 14.0. The number of nitrogen functional groups attached to an aromatic ring is 1. The van der Waals surface area contributed by atoms with Crippen LogP contribution >= 0.6 is 0 Å².